The summed E-state index contributed by atoms with van der Waals surface area (Å²) in [5.74, 6) is -9.61. The largest absolute Gasteiger partial charge is 0.508 e. The maximum Gasteiger partial charge on any atom is 0.255 e. The lowest BCUT2D eigenvalue weighted by Gasteiger charge is -2.53. The zero-order chi connectivity index (χ0) is 29.4. The van der Waals surface area contributed by atoms with Crippen LogP contribution < -0.4 is 5.73 Å². The number of carbonyl (C=O) groups excluding carboxylic acids is 4. The van der Waals surface area contributed by atoms with Crippen LogP contribution >= 0.6 is 0 Å². The molecule has 3 aliphatic carbocycles. The fourth-order valence-corrected chi connectivity index (χ4v) is 6.73. The lowest BCUT2D eigenvalue weighted by Crippen LogP contribution is -2.70. The Morgan fingerprint density at radius 3 is 2.38 bits per heavy atom. The van der Waals surface area contributed by atoms with Crippen LogP contribution in [-0.4, -0.2) is 86.0 Å². The van der Waals surface area contributed by atoms with Gasteiger partial charge in [-0.15, -0.1) is 0 Å². The van der Waals surface area contributed by atoms with Crippen LogP contribution in [0.25, 0.3) is 16.9 Å². The van der Waals surface area contributed by atoms with Gasteiger partial charge in [0.05, 0.1) is 23.6 Å². The summed E-state index contributed by atoms with van der Waals surface area (Å²) < 4.78 is 0. The SMILES string of the molecule is C[C@H]1c2c(-c3cccc(C=O)c3)ccc(O)c2C(O)=C2C(=O)[C@]3(O)C(O)=C(C(N)=O)C(=O)[C@@H](N(C)C)[C@@H]3[C@@H](O)[C@@H]21. The first-order chi connectivity index (χ1) is 18.8. The van der Waals surface area contributed by atoms with Crippen molar-refractivity contribution in [3.05, 3.63) is 70.0 Å². The topological polar surface area (TPSA) is 199 Å². The number of benzene rings is 2. The van der Waals surface area contributed by atoms with Crippen LogP contribution in [0.5, 0.6) is 5.75 Å². The number of phenols is 1. The van der Waals surface area contributed by atoms with E-state index in [4.69, 9.17) is 5.73 Å². The molecule has 208 valence electrons. The highest BCUT2D eigenvalue weighted by molar-refractivity contribution is 6.24. The Morgan fingerprint density at radius 2 is 1.77 bits per heavy atom. The molecule has 11 nitrogen and oxygen atoms in total. The molecule has 1 amide bonds. The van der Waals surface area contributed by atoms with Crippen molar-refractivity contribution >= 4 is 29.5 Å². The Morgan fingerprint density at radius 1 is 1.10 bits per heavy atom. The summed E-state index contributed by atoms with van der Waals surface area (Å²) in [5.41, 5.74) is 2.62. The van der Waals surface area contributed by atoms with Gasteiger partial charge in [-0.1, -0.05) is 31.2 Å². The third-order valence-corrected chi connectivity index (χ3v) is 8.44. The van der Waals surface area contributed by atoms with Crippen molar-refractivity contribution in [1.82, 2.24) is 4.90 Å². The third kappa shape index (κ3) is 3.41. The van der Waals surface area contributed by atoms with E-state index < -0.39 is 75.6 Å². The molecule has 0 aliphatic heterocycles. The highest BCUT2D eigenvalue weighted by Gasteiger charge is 2.68. The van der Waals surface area contributed by atoms with Crippen molar-refractivity contribution < 1.29 is 44.7 Å². The number of Topliss-reactive ketones (excluding diaryl/α,β-unsaturated/α-hetero) is 2. The number of aromatic hydroxyl groups is 1. The van der Waals surface area contributed by atoms with Crippen molar-refractivity contribution in [3.8, 4) is 16.9 Å². The molecule has 0 spiro atoms. The molecule has 0 bridgehead atoms. The van der Waals surface area contributed by atoms with Crippen molar-refractivity contribution in [3.63, 3.8) is 0 Å². The number of likely N-dealkylation sites (N-methyl/N-ethyl adjacent to an activating group) is 1. The standard InChI is InChI=1S/C29H28N2O9/c1-11-16-14(13-6-4-5-12(9-13)10-32)7-8-15(33)18(16)23(34)19-17(11)24(35)21-22(31(2)3)25(36)20(28(30)39)27(38)29(21,40)26(19)37/h4-11,17,21-22,24,33-35,38,40H,1-3H3,(H2,30,39)/t11-,17+,21+,22-,24-,29-/m0/s1. The maximum absolute atomic E-state index is 14.1. The molecule has 0 unspecified atom stereocenters. The number of primary amides is 1. The molecule has 0 saturated heterocycles. The van der Waals surface area contributed by atoms with E-state index in [0.717, 1.165) is 0 Å². The molecule has 1 saturated carbocycles. The summed E-state index contributed by atoms with van der Waals surface area (Å²) >= 11 is 0. The van der Waals surface area contributed by atoms with Gasteiger partial charge in [-0.05, 0) is 48.8 Å². The molecule has 0 heterocycles. The number of carbonyl (C=O) groups is 4. The molecular formula is C29H28N2O9. The molecule has 3 aliphatic rings. The second-order valence-corrected chi connectivity index (χ2v) is 10.7. The Kier molecular flexibility index (Phi) is 6.21. The van der Waals surface area contributed by atoms with E-state index in [1.54, 1.807) is 37.3 Å². The van der Waals surface area contributed by atoms with Crippen LogP contribution in [0, 0.1) is 11.8 Å². The Labute approximate surface area is 228 Å². The molecule has 11 heteroatoms. The highest BCUT2D eigenvalue weighted by atomic mass is 16.4. The van der Waals surface area contributed by atoms with Gasteiger partial charge in [0.25, 0.3) is 5.91 Å². The van der Waals surface area contributed by atoms with Crippen molar-refractivity contribution in [2.24, 2.45) is 17.6 Å². The second kappa shape index (κ2) is 9.12. The number of hydrogen-bond donors (Lipinski definition) is 6. The van der Waals surface area contributed by atoms with Gasteiger partial charge < -0.3 is 31.3 Å². The van der Waals surface area contributed by atoms with E-state index in [-0.39, 0.29) is 11.3 Å². The first kappa shape index (κ1) is 27.3. The second-order valence-electron chi connectivity index (χ2n) is 10.7. The van der Waals surface area contributed by atoms with Crippen molar-refractivity contribution in [1.29, 1.82) is 0 Å². The van der Waals surface area contributed by atoms with E-state index in [1.807, 2.05) is 0 Å². The van der Waals surface area contributed by atoms with Crippen LogP contribution in [0.4, 0.5) is 0 Å². The van der Waals surface area contributed by atoms with Crippen LogP contribution in [0.3, 0.4) is 0 Å². The molecule has 2 aromatic carbocycles. The van der Waals surface area contributed by atoms with E-state index in [0.29, 0.717) is 28.5 Å². The molecule has 0 radical (unpaired) electrons. The third-order valence-electron chi connectivity index (χ3n) is 8.44. The molecular weight excluding hydrogens is 520 g/mol. The van der Waals surface area contributed by atoms with Gasteiger partial charge in [0.1, 0.15) is 29.1 Å². The number of amides is 1. The summed E-state index contributed by atoms with van der Waals surface area (Å²) in [4.78, 5) is 52.2. The van der Waals surface area contributed by atoms with Crippen LogP contribution in [0.15, 0.2) is 53.3 Å². The van der Waals surface area contributed by atoms with Crippen molar-refractivity contribution in [2.75, 3.05) is 14.1 Å². The van der Waals surface area contributed by atoms with Gasteiger partial charge in [0.2, 0.25) is 5.78 Å². The molecule has 7 N–H and O–H groups in total. The average molecular weight is 549 g/mol. The number of aliphatic hydroxyl groups is 4. The summed E-state index contributed by atoms with van der Waals surface area (Å²) in [7, 11) is 2.89. The fraction of sp³-hybridized carbons (Fsp3) is 0.310. The predicted octanol–water partition coefficient (Wildman–Crippen LogP) is 0.975. The Balaban J connectivity index is 1.82. The number of aldehydes is 1. The van der Waals surface area contributed by atoms with Gasteiger partial charge in [-0.2, -0.15) is 0 Å². The predicted molar refractivity (Wildman–Crippen MR) is 141 cm³/mol. The molecule has 0 aromatic heterocycles. The quantitative estimate of drug-likeness (QED) is 0.236. The fourth-order valence-electron chi connectivity index (χ4n) is 6.73. The number of aliphatic hydroxyl groups excluding tert-OH is 3. The maximum atomic E-state index is 14.1. The smallest absolute Gasteiger partial charge is 0.255 e. The Hall–Kier alpha value is -4.32. The Bertz CT molecular complexity index is 1570. The number of nitrogens with zero attached hydrogens (tertiary/aromatic N) is 1. The van der Waals surface area contributed by atoms with E-state index in [9.17, 15) is 44.7 Å². The first-order valence-corrected chi connectivity index (χ1v) is 12.5. The van der Waals surface area contributed by atoms with E-state index in [2.05, 4.69) is 0 Å². The van der Waals surface area contributed by atoms with Crippen LogP contribution in [0.1, 0.15) is 34.3 Å². The normalized spacial score (nSPS) is 29.7. The molecule has 40 heavy (non-hydrogen) atoms. The van der Waals surface area contributed by atoms with Gasteiger partial charge in [-0.3, -0.25) is 24.1 Å². The number of phenolic OH excluding ortho intramolecular Hbond substituents is 1. The van der Waals surface area contributed by atoms with Crippen LogP contribution in [-0.2, 0) is 14.4 Å². The molecule has 2 aromatic rings. The first-order valence-electron chi connectivity index (χ1n) is 12.5. The summed E-state index contributed by atoms with van der Waals surface area (Å²) in [6.07, 6.45) is -1.03. The van der Waals surface area contributed by atoms with Gasteiger partial charge in [-0.25, -0.2) is 0 Å². The van der Waals surface area contributed by atoms with Gasteiger partial charge in [0.15, 0.2) is 11.4 Å². The highest BCUT2D eigenvalue weighted by Crippen LogP contribution is 2.57. The van der Waals surface area contributed by atoms with E-state index >= 15 is 0 Å². The summed E-state index contributed by atoms with van der Waals surface area (Å²) in [6, 6.07) is 8.05. The number of fused-ring (bicyclic) bond motifs is 3. The van der Waals surface area contributed by atoms with Crippen LogP contribution in [0.2, 0.25) is 0 Å². The lowest BCUT2D eigenvalue weighted by atomic mass is 9.54. The van der Waals surface area contributed by atoms with Gasteiger partial charge >= 0.3 is 0 Å². The molecule has 1 fully saturated rings. The van der Waals surface area contributed by atoms with Crippen molar-refractivity contribution in [2.45, 2.75) is 30.6 Å². The number of nitrogens with two attached hydrogens (primary N) is 1. The molecule has 5 rings (SSSR count). The summed E-state index contributed by atoms with van der Waals surface area (Å²) in [5, 5.41) is 56.8. The number of ketones is 2. The minimum atomic E-state index is -2.98. The summed E-state index contributed by atoms with van der Waals surface area (Å²) in [6.45, 7) is 1.66. The minimum absolute atomic E-state index is 0.120. The number of rotatable bonds is 4. The molecule has 6 atom stereocenters. The zero-order valence-electron chi connectivity index (χ0n) is 21.8. The monoisotopic (exact) mass is 548 g/mol. The lowest BCUT2D eigenvalue weighted by molar-refractivity contribution is -0.169. The average Bonchev–Trinajstić information content (AvgIpc) is 2.90. The number of hydrogen-bond acceptors (Lipinski definition) is 10. The minimum Gasteiger partial charge on any atom is -0.508 e. The van der Waals surface area contributed by atoms with Gasteiger partial charge in [0, 0.05) is 17.1 Å². The zero-order valence-corrected chi connectivity index (χ0v) is 21.8. The van der Waals surface area contributed by atoms with E-state index in [1.165, 1.54) is 25.1 Å².